The van der Waals surface area contributed by atoms with Crippen LogP contribution in [0.1, 0.15) is 23.6 Å². The Labute approximate surface area is 122 Å². The van der Waals surface area contributed by atoms with Crippen molar-refractivity contribution in [2.45, 2.75) is 19.9 Å². The Morgan fingerprint density at radius 1 is 1.16 bits per heavy atom. The summed E-state index contributed by atoms with van der Waals surface area (Å²) in [6.07, 6.45) is 1.04. The van der Waals surface area contributed by atoms with E-state index in [9.17, 15) is 0 Å². The van der Waals surface area contributed by atoms with Crippen molar-refractivity contribution in [3.8, 4) is 6.07 Å². The van der Waals surface area contributed by atoms with E-state index in [2.05, 4.69) is 58.5 Å². The molecule has 0 amide bonds. The fraction of sp³-hybridized carbons (Fsp3) is 0.188. The molecule has 0 unspecified atom stereocenters. The minimum absolute atomic E-state index is 0.652. The summed E-state index contributed by atoms with van der Waals surface area (Å²) in [4.78, 5) is 0. The first-order valence-corrected chi connectivity index (χ1v) is 7.04. The van der Waals surface area contributed by atoms with Gasteiger partial charge in [-0.3, -0.25) is 0 Å². The normalized spacial score (nSPS) is 9.95. The van der Waals surface area contributed by atoms with Crippen LogP contribution >= 0.6 is 15.9 Å². The molecule has 0 aliphatic rings. The van der Waals surface area contributed by atoms with E-state index in [4.69, 9.17) is 5.26 Å². The predicted octanol–water partition coefficient (Wildman–Crippen LogP) is 4.50. The molecule has 2 aromatic rings. The third kappa shape index (κ3) is 3.36. The molecule has 0 bridgehead atoms. The molecule has 0 aliphatic carbocycles. The number of hydrogen-bond acceptors (Lipinski definition) is 2. The molecule has 2 nitrogen and oxygen atoms in total. The van der Waals surface area contributed by atoms with Gasteiger partial charge < -0.3 is 5.32 Å². The maximum Gasteiger partial charge on any atom is 0.100 e. The molecule has 0 saturated carbocycles. The summed E-state index contributed by atoms with van der Waals surface area (Å²) in [6, 6.07) is 16.3. The van der Waals surface area contributed by atoms with Crippen LogP contribution in [0.3, 0.4) is 0 Å². The Hall–Kier alpha value is -1.79. The number of aryl methyl sites for hydroxylation is 1. The number of nitrogens with one attached hydrogen (secondary N) is 1. The van der Waals surface area contributed by atoms with Gasteiger partial charge in [-0.05, 0) is 51.7 Å². The molecular formula is C16H15BrN2. The second-order valence-electron chi connectivity index (χ2n) is 4.28. The topological polar surface area (TPSA) is 35.8 Å². The smallest absolute Gasteiger partial charge is 0.100 e. The number of nitrogens with zero attached hydrogens (tertiary/aromatic N) is 1. The number of hydrogen-bond donors (Lipinski definition) is 1. The summed E-state index contributed by atoms with van der Waals surface area (Å²) < 4.78 is 0.823. The van der Waals surface area contributed by atoms with Gasteiger partial charge >= 0.3 is 0 Å². The van der Waals surface area contributed by atoms with Gasteiger partial charge in [0.2, 0.25) is 0 Å². The summed E-state index contributed by atoms with van der Waals surface area (Å²) in [5.74, 6) is 0. The SMILES string of the molecule is CCc1ccccc1CNc1ccc(C#N)c(Br)c1. The third-order valence-electron chi connectivity index (χ3n) is 3.07. The lowest BCUT2D eigenvalue weighted by molar-refractivity contribution is 1.04. The number of benzene rings is 2. The molecule has 2 rings (SSSR count). The van der Waals surface area contributed by atoms with Gasteiger partial charge in [-0.15, -0.1) is 0 Å². The lowest BCUT2D eigenvalue weighted by atomic mass is 10.1. The molecule has 2 aromatic carbocycles. The first-order chi connectivity index (χ1) is 9.24. The van der Waals surface area contributed by atoms with Crippen LogP contribution in [0.4, 0.5) is 5.69 Å². The standard InChI is InChI=1S/C16H15BrN2/c1-2-12-5-3-4-6-14(12)11-19-15-8-7-13(10-18)16(17)9-15/h3-9,19H,2,11H2,1H3. The van der Waals surface area contributed by atoms with Crippen LogP contribution in [0.5, 0.6) is 0 Å². The van der Waals surface area contributed by atoms with Gasteiger partial charge in [0.1, 0.15) is 6.07 Å². The fourth-order valence-electron chi connectivity index (χ4n) is 1.99. The molecule has 0 radical (unpaired) electrons. The highest BCUT2D eigenvalue weighted by Gasteiger charge is 2.02. The van der Waals surface area contributed by atoms with Crippen LogP contribution in [-0.2, 0) is 13.0 Å². The Bertz CT molecular complexity index is 614. The molecule has 3 heteroatoms. The van der Waals surface area contributed by atoms with Gasteiger partial charge in [-0.1, -0.05) is 31.2 Å². The largest absolute Gasteiger partial charge is 0.381 e. The van der Waals surface area contributed by atoms with E-state index in [1.54, 1.807) is 0 Å². The third-order valence-corrected chi connectivity index (χ3v) is 3.73. The summed E-state index contributed by atoms with van der Waals surface area (Å²) in [5.41, 5.74) is 4.34. The van der Waals surface area contributed by atoms with Gasteiger partial charge in [-0.25, -0.2) is 0 Å². The van der Waals surface area contributed by atoms with Gasteiger partial charge in [0.25, 0.3) is 0 Å². The molecule has 1 N–H and O–H groups in total. The molecule has 96 valence electrons. The lowest BCUT2D eigenvalue weighted by Crippen LogP contribution is -2.02. The Morgan fingerprint density at radius 2 is 1.89 bits per heavy atom. The van der Waals surface area contributed by atoms with Gasteiger partial charge in [-0.2, -0.15) is 5.26 Å². The van der Waals surface area contributed by atoms with Crippen molar-refractivity contribution in [2.75, 3.05) is 5.32 Å². The minimum Gasteiger partial charge on any atom is -0.381 e. The monoisotopic (exact) mass is 314 g/mol. The van der Waals surface area contributed by atoms with Crippen molar-refractivity contribution in [1.82, 2.24) is 0 Å². The highest BCUT2D eigenvalue weighted by Crippen LogP contribution is 2.21. The van der Waals surface area contributed by atoms with Crippen LogP contribution < -0.4 is 5.32 Å². The summed E-state index contributed by atoms with van der Waals surface area (Å²) in [5, 5.41) is 12.3. The molecule has 0 saturated heterocycles. The van der Waals surface area contributed by atoms with Crippen LogP contribution in [0.25, 0.3) is 0 Å². The van der Waals surface area contributed by atoms with E-state index < -0.39 is 0 Å². The number of nitriles is 1. The van der Waals surface area contributed by atoms with Crippen molar-refractivity contribution in [1.29, 1.82) is 5.26 Å². The van der Waals surface area contributed by atoms with Crippen LogP contribution in [0.2, 0.25) is 0 Å². The van der Waals surface area contributed by atoms with E-state index in [-0.39, 0.29) is 0 Å². The van der Waals surface area contributed by atoms with E-state index in [1.165, 1.54) is 11.1 Å². The first kappa shape index (κ1) is 13.6. The van der Waals surface area contributed by atoms with E-state index in [0.717, 1.165) is 23.1 Å². The van der Waals surface area contributed by atoms with Gasteiger partial charge in [0.05, 0.1) is 5.56 Å². The highest BCUT2D eigenvalue weighted by molar-refractivity contribution is 9.10. The number of anilines is 1. The predicted molar refractivity (Wildman–Crippen MR) is 82.0 cm³/mol. The zero-order valence-corrected chi connectivity index (χ0v) is 12.4. The van der Waals surface area contributed by atoms with Gasteiger partial charge in [0, 0.05) is 16.7 Å². The van der Waals surface area contributed by atoms with Crippen molar-refractivity contribution >= 4 is 21.6 Å². The quantitative estimate of drug-likeness (QED) is 0.902. The van der Waals surface area contributed by atoms with Crippen LogP contribution in [0.15, 0.2) is 46.9 Å². The molecular weight excluding hydrogens is 300 g/mol. The molecule has 0 aliphatic heterocycles. The van der Waals surface area contributed by atoms with Crippen molar-refractivity contribution < 1.29 is 0 Å². The van der Waals surface area contributed by atoms with Crippen molar-refractivity contribution in [2.24, 2.45) is 0 Å². The molecule has 0 heterocycles. The average Bonchev–Trinajstić information content (AvgIpc) is 2.45. The Balaban J connectivity index is 2.11. The Kier molecular flexibility index (Phi) is 4.59. The maximum atomic E-state index is 8.89. The molecule has 0 fully saturated rings. The maximum absolute atomic E-state index is 8.89. The van der Waals surface area contributed by atoms with Crippen LogP contribution in [-0.4, -0.2) is 0 Å². The van der Waals surface area contributed by atoms with Gasteiger partial charge in [0.15, 0.2) is 0 Å². The van der Waals surface area contributed by atoms with Crippen LogP contribution in [0, 0.1) is 11.3 Å². The number of halogens is 1. The fourth-order valence-corrected chi connectivity index (χ4v) is 2.46. The second-order valence-corrected chi connectivity index (χ2v) is 5.14. The minimum atomic E-state index is 0.652. The lowest BCUT2D eigenvalue weighted by Gasteiger charge is -2.10. The molecule has 0 atom stereocenters. The second kappa shape index (κ2) is 6.40. The summed E-state index contributed by atoms with van der Waals surface area (Å²) in [7, 11) is 0. The molecule has 0 spiro atoms. The van der Waals surface area contributed by atoms with E-state index in [0.29, 0.717) is 5.56 Å². The van der Waals surface area contributed by atoms with E-state index >= 15 is 0 Å². The zero-order valence-electron chi connectivity index (χ0n) is 10.8. The molecule has 0 aromatic heterocycles. The first-order valence-electron chi connectivity index (χ1n) is 6.25. The number of rotatable bonds is 4. The zero-order chi connectivity index (χ0) is 13.7. The average molecular weight is 315 g/mol. The summed E-state index contributed by atoms with van der Waals surface area (Å²) >= 11 is 3.40. The summed E-state index contributed by atoms with van der Waals surface area (Å²) in [6.45, 7) is 2.96. The Morgan fingerprint density at radius 3 is 2.53 bits per heavy atom. The van der Waals surface area contributed by atoms with E-state index in [1.807, 2.05) is 18.2 Å². The highest BCUT2D eigenvalue weighted by atomic mass is 79.9. The van der Waals surface area contributed by atoms with Crippen molar-refractivity contribution in [3.05, 3.63) is 63.6 Å². The molecule has 19 heavy (non-hydrogen) atoms. The van der Waals surface area contributed by atoms with Crippen molar-refractivity contribution in [3.63, 3.8) is 0 Å².